The largest absolute Gasteiger partial charge is 0.395 e. The molecule has 4 rings (SSSR count). The summed E-state index contributed by atoms with van der Waals surface area (Å²) in [5.41, 5.74) is 1.09. The van der Waals surface area contributed by atoms with Crippen molar-refractivity contribution in [2.75, 3.05) is 78.7 Å². The van der Waals surface area contributed by atoms with Gasteiger partial charge in [-0.3, -0.25) is 24.3 Å². The summed E-state index contributed by atoms with van der Waals surface area (Å²) in [5, 5.41) is 11.1. The van der Waals surface area contributed by atoms with Crippen LogP contribution < -0.4 is 0 Å². The van der Waals surface area contributed by atoms with Crippen LogP contribution in [0.25, 0.3) is 5.57 Å². The molecule has 0 spiro atoms. The van der Waals surface area contributed by atoms with Crippen LogP contribution in [0.5, 0.6) is 0 Å². The Morgan fingerprint density at radius 3 is 2.31 bits per heavy atom. The topological polar surface area (TPSA) is 76.6 Å². The molecule has 0 bridgehead atoms. The van der Waals surface area contributed by atoms with E-state index >= 15 is 0 Å². The molecule has 9 heteroatoms. The fraction of sp³-hybridized carbons (Fsp3) is 0.600. The molecule has 2 saturated heterocycles. The number of ether oxygens (including phenoxy) is 1. The first-order valence-electron chi connectivity index (χ1n) is 10.2. The Morgan fingerprint density at radius 1 is 0.931 bits per heavy atom. The molecule has 0 atom stereocenters. The molecule has 3 aliphatic heterocycles. The second kappa shape index (κ2) is 9.36. The van der Waals surface area contributed by atoms with Gasteiger partial charge in [-0.25, -0.2) is 0 Å². The van der Waals surface area contributed by atoms with Crippen molar-refractivity contribution in [2.24, 2.45) is 0 Å². The van der Waals surface area contributed by atoms with Crippen LogP contribution in [0.2, 0.25) is 0 Å². The zero-order valence-electron chi connectivity index (χ0n) is 16.6. The maximum Gasteiger partial charge on any atom is 0.277 e. The zero-order chi connectivity index (χ0) is 20.2. The van der Waals surface area contributed by atoms with E-state index in [1.807, 2.05) is 17.5 Å². The number of aliphatic hydroxyl groups excluding tert-OH is 1. The Balaban J connectivity index is 1.51. The van der Waals surface area contributed by atoms with Crippen LogP contribution in [-0.4, -0.2) is 115 Å². The number of imide groups is 1. The van der Waals surface area contributed by atoms with E-state index < -0.39 is 0 Å². The summed E-state index contributed by atoms with van der Waals surface area (Å²) in [6, 6.07) is 3.83. The van der Waals surface area contributed by atoms with E-state index in [9.17, 15) is 9.59 Å². The van der Waals surface area contributed by atoms with Crippen molar-refractivity contribution in [3.63, 3.8) is 0 Å². The van der Waals surface area contributed by atoms with Crippen molar-refractivity contribution in [3.05, 3.63) is 28.1 Å². The lowest BCUT2D eigenvalue weighted by Gasteiger charge is -2.36. The minimum atomic E-state index is -0.182. The van der Waals surface area contributed by atoms with E-state index in [-0.39, 0.29) is 18.4 Å². The number of hydrogen-bond acceptors (Lipinski definition) is 8. The SMILES string of the molecule is O=C1C(c2cccs2)=C(N2CCN(CCO)CC2)C(=O)N1CCN1CCOCC1. The molecule has 4 heterocycles. The van der Waals surface area contributed by atoms with E-state index in [0.29, 0.717) is 57.2 Å². The Bertz CT molecular complexity index is 753. The number of aliphatic hydroxyl groups is 1. The van der Waals surface area contributed by atoms with Gasteiger partial charge in [0.25, 0.3) is 11.8 Å². The van der Waals surface area contributed by atoms with Crippen LogP contribution in [-0.2, 0) is 14.3 Å². The van der Waals surface area contributed by atoms with Gasteiger partial charge in [0.15, 0.2) is 0 Å². The fourth-order valence-electron chi connectivity index (χ4n) is 4.11. The fourth-order valence-corrected chi connectivity index (χ4v) is 4.87. The number of β-amino-alcohol motifs (C(OH)–C–C–N with tert-alkyl or cyclic N) is 1. The Labute approximate surface area is 174 Å². The van der Waals surface area contributed by atoms with Crippen molar-refractivity contribution in [2.45, 2.75) is 0 Å². The summed E-state index contributed by atoms with van der Waals surface area (Å²) in [7, 11) is 0. The lowest BCUT2D eigenvalue weighted by atomic mass is 10.1. The molecule has 3 aliphatic rings. The standard InChI is InChI=1S/C20H28N4O4S/c25-12-9-21-3-6-23(7-4-21)18-17(16-2-1-15-29-16)19(26)24(20(18)27)8-5-22-10-13-28-14-11-22/h1-2,15,25H,3-14H2. The van der Waals surface area contributed by atoms with Crippen molar-refractivity contribution >= 4 is 28.7 Å². The lowest BCUT2D eigenvalue weighted by Crippen LogP contribution is -2.48. The normalized spacial score (nSPS) is 22.2. The summed E-state index contributed by atoms with van der Waals surface area (Å²) in [4.78, 5) is 35.3. The third-order valence-electron chi connectivity index (χ3n) is 5.76. The van der Waals surface area contributed by atoms with E-state index in [2.05, 4.69) is 14.7 Å². The molecular formula is C20H28N4O4S. The summed E-state index contributed by atoms with van der Waals surface area (Å²) in [6.07, 6.45) is 0. The van der Waals surface area contributed by atoms with Gasteiger partial charge in [-0.05, 0) is 11.4 Å². The quantitative estimate of drug-likeness (QED) is 0.611. The second-order valence-corrected chi connectivity index (χ2v) is 8.42. The average Bonchev–Trinajstić information content (AvgIpc) is 3.35. The summed E-state index contributed by atoms with van der Waals surface area (Å²) < 4.78 is 5.38. The lowest BCUT2D eigenvalue weighted by molar-refractivity contribution is -0.138. The van der Waals surface area contributed by atoms with Crippen LogP contribution in [0.15, 0.2) is 23.2 Å². The Morgan fingerprint density at radius 2 is 1.66 bits per heavy atom. The summed E-state index contributed by atoms with van der Waals surface area (Å²) in [6.45, 7) is 7.83. The number of piperazine rings is 1. The van der Waals surface area contributed by atoms with Gasteiger partial charge in [-0.1, -0.05) is 6.07 Å². The number of rotatable bonds is 7. The van der Waals surface area contributed by atoms with Gasteiger partial charge in [-0.15, -0.1) is 11.3 Å². The number of thiophene rings is 1. The van der Waals surface area contributed by atoms with Gasteiger partial charge in [0.2, 0.25) is 0 Å². The van der Waals surface area contributed by atoms with E-state index in [1.165, 1.54) is 16.2 Å². The smallest absolute Gasteiger partial charge is 0.277 e. The maximum absolute atomic E-state index is 13.3. The van der Waals surface area contributed by atoms with Crippen molar-refractivity contribution < 1.29 is 19.4 Å². The van der Waals surface area contributed by atoms with Crippen molar-refractivity contribution in [1.29, 1.82) is 0 Å². The van der Waals surface area contributed by atoms with E-state index in [1.54, 1.807) is 0 Å². The third kappa shape index (κ3) is 4.39. The molecule has 0 saturated carbocycles. The first-order valence-corrected chi connectivity index (χ1v) is 11.1. The molecular weight excluding hydrogens is 392 g/mol. The molecule has 0 aromatic carbocycles. The van der Waals surface area contributed by atoms with Gasteiger partial charge >= 0.3 is 0 Å². The van der Waals surface area contributed by atoms with Gasteiger partial charge in [-0.2, -0.15) is 0 Å². The van der Waals surface area contributed by atoms with Crippen molar-refractivity contribution in [1.82, 2.24) is 19.6 Å². The zero-order valence-corrected chi connectivity index (χ0v) is 17.4. The maximum atomic E-state index is 13.3. The van der Waals surface area contributed by atoms with E-state index in [4.69, 9.17) is 9.84 Å². The highest BCUT2D eigenvalue weighted by atomic mass is 32.1. The summed E-state index contributed by atoms with van der Waals surface area (Å²) in [5.74, 6) is -0.360. The minimum absolute atomic E-state index is 0.135. The van der Waals surface area contributed by atoms with Crippen LogP contribution in [0.4, 0.5) is 0 Å². The van der Waals surface area contributed by atoms with Crippen LogP contribution in [0, 0.1) is 0 Å². The first kappa shape index (κ1) is 20.5. The molecule has 0 radical (unpaired) electrons. The van der Waals surface area contributed by atoms with Gasteiger partial charge < -0.3 is 14.7 Å². The first-order chi connectivity index (χ1) is 14.2. The third-order valence-corrected chi connectivity index (χ3v) is 6.65. The Hall–Kier alpha value is -1.78. The molecule has 8 nitrogen and oxygen atoms in total. The van der Waals surface area contributed by atoms with E-state index in [0.717, 1.165) is 31.1 Å². The van der Waals surface area contributed by atoms with Crippen molar-refractivity contribution in [3.8, 4) is 0 Å². The molecule has 1 N–H and O–H groups in total. The predicted octanol–water partition coefficient (Wildman–Crippen LogP) is -0.230. The van der Waals surface area contributed by atoms with Crippen LogP contribution in [0.3, 0.4) is 0 Å². The predicted molar refractivity (Wildman–Crippen MR) is 110 cm³/mol. The molecule has 0 aliphatic carbocycles. The number of morpholine rings is 1. The number of amides is 2. The van der Waals surface area contributed by atoms with Gasteiger partial charge in [0, 0.05) is 63.8 Å². The molecule has 158 valence electrons. The molecule has 29 heavy (non-hydrogen) atoms. The number of nitrogens with zero attached hydrogens (tertiary/aromatic N) is 4. The monoisotopic (exact) mass is 420 g/mol. The highest BCUT2D eigenvalue weighted by Crippen LogP contribution is 2.34. The number of carbonyl (C=O) groups excluding carboxylic acids is 2. The highest BCUT2D eigenvalue weighted by molar-refractivity contribution is 7.11. The summed E-state index contributed by atoms with van der Waals surface area (Å²) >= 11 is 1.50. The molecule has 2 amide bonds. The minimum Gasteiger partial charge on any atom is -0.395 e. The van der Waals surface area contributed by atoms with Gasteiger partial charge in [0.05, 0.1) is 25.4 Å². The van der Waals surface area contributed by atoms with Crippen LogP contribution >= 0.6 is 11.3 Å². The second-order valence-electron chi connectivity index (χ2n) is 7.47. The molecule has 1 aromatic rings. The van der Waals surface area contributed by atoms with Gasteiger partial charge in [0.1, 0.15) is 5.70 Å². The van der Waals surface area contributed by atoms with Crippen LogP contribution in [0.1, 0.15) is 4.88 Å². The number of hydrogen-bond donors (Lipinski definition) is 1. The number of carbonyl (C=O) groups is 2. The average molecular weight is 421 g/mol. The molecule has 0 unspecified atom stereocenters. The molecule has 1 aromatic heterocycles. The molecule has 2 fully saturated rings. The Kier molecular flexibility index (Phi) is 6.61. The highest BCUT2D eigenvalue weighted by Gasteiger charge is 2.42.